The minimum Gasteiger partial charge on any atom is -0.397 e. The minimum absolute atomic E-state index is 0. The third-order valence-electron chi connectivity index (χ3n) is 2.47. The number of hydrogen-bond donors (Lipinski definition) is 2. The van der Waals surface area contributed by atoms with Gasteiger partial charge in [-0.15, -0.1) is 0 Å². The van der Waals surface area contributed by atoms with E-state index < -0.39 is 8.56 Å². The van der Waals surface area contributed by atoms with E-state index in [2.05, 4.69) is 20.8 Å². The average molecular weight is 222 g/mol. The number of rotatable bonds is 6. The standard InChI is InChI=1S/C9H23NO2Si.H3N/c1-6-13(11-4,12-5)9(10)7-8(2)3;/h8-9H,6-7,10H2,1-5H3;1H3. The molecular formula is C9H26N2O2Si. The van der Waals surface area contributed by atoms with E-state index >= 15 is 0 Å². The van der Waals surface area contributed by atoms with Crippen molar-refractivity contribution in [2.24, 2.45) is 11.7 Å². The summed E-state index contributed by atoms with van der Waals surface area (Å²) in [7, 11) is 1.31. The molecule has 0 spiro atoms. The van der Waals surface area contributed by atoms with Crippen LogP contribution < -0.4 is 11.9 Å². The zero-order valence-corrected chi connectivity index (χ0v) is 11.2. The quantitative estimate of drug-likeness (QED) is 0.672. The fourth-order valence-electron chi connectivity index (χ4n) is 1.62. The van der Waals surface area contributed by atoms with Gasteiger partial charge >= 0.3 is 8.56 Å². The molecule has 14 heavy (non-hydrogen) atoms. The SMILES string of the molecule is CC[Si](OC)(OC)C(N)CC(C)C.N. The minimum atomic E-state index is -2.11. The van der Waals surface area contributed by atoms with Gasteiger partial charge in [0.15, 0.2) is 0 Å². The summed E-state index contributed by atoms with van der Waals surface area (Å²) in [5, 5.41) is 0. The second kappa shape index (κ2) is 7.36. The Kier molecular flexibility index (Phi) is 8.67. The van der Waals surface area contributed by atoms with Crippen molar-refractivity contribution in [2.75, 3.05) is 14.2 Å². The molecule has 0 radical (unpaired) electrons. The normalized spacial score (nSPS) is 13.9. The van der Waals surface area contributed by atoms with E-state index in [-0.39, 0.29) is 11.8 Å². The fourth-order valence-corrected chi connectivity index (χ4v) is 4.33. The molecule has 0 saturated heterocycles. The number of nitrogens with two attached hydrogens (primary N) is 1. The Morgan fingerprint density at radius 2 is 1.64 bits per heavy atom. The van der Waals surface area contributed by atoms with E-state index in [0.29, 0.717) is 5.92 Å². The van der Waals surface area contributed by atoms with Crippen LogP contribution in [-0.4, -0.2) is 28.4 Å². The van der Waals surface area contributed by atoms with Crippen molar-refractivity contribution < 1.29 is 8.85 Å². The molecule has 0 heterocycles. The predicted molar refractivity (Wildman–Crippen MR) is 62.7 cm³/mol. The molecule has 0 aromatic heterocycles. The topological polar surface area (TPSA) is 79.5 Å². The Morgan fingerprint density at radius 3 is 1.86 bits per heavy atom. The van der Waals surface area contributed by atoms with Gasteiger partial charge in [-0.3, -0.25) is 0 Å². The summed E-state index contributed by atoms with van der Waals surface area (Å²) in [6, 6.07) is 0.911. The average Bonchev–Trinajstić information content (AvgIpc) is 2.07. The van der Waals surface area contributed by atoms with E-state index in [4.69, 9.17) is 14.6 Å². The predicted octanol–water partition coefficient (Wildman–Crippen LogP) is 1.82. The first-order valence-corrected chi connectivity index (χ1v) is 6.98. The van der Waals surface area contributed by atoms with Crippen molar-refractivity contribution in [3.8, 4) is 0 Å². The van der Waals surface area contributed by atoms with Gasteiger partial charge in [-0.2, -0.15) is 0 Å². The second-order valence-electron chi connectivity index (χ2n) is 3.81. The Bertz CT molecular complexity index is 133. The Morgan fingerprint density at radius 1 is 1.21 bits per heavy atom. The van der Waals surface area contributed by atoms with Gasteiger partial charge in [-0.1, -0.05) is 20.8 Å². The van der Waals surface area contributed by atoms with Crippen molar-refractivity contribution in [1.82, 2.24) is 6.15 Å². The molecule has 0 fully saturated rings. The maximum Gasteiger partial charge on any atom is 0.354 e. The van der Waals surface area contributed by atoms with Gasteiger partial charge < -0.3 is 20.7 Å². The summed E-state index contributed by atoms with van der Waals surface area (Å²) in [5.74, 6) is 0.596. The molecule has 1 unspecified atom stereocenters. The lowest BCUT2D eigenvalue weighted by atomic mass is 10.1. The summed E-state index contributed by atoms with van der Waals surface area (Å²) in [5.41, 5.74) is 6.17. The van der Waals surface area contributed by atoms with Crippen molar-refractivity contribution in [3.05, 3.63) is 0 Å². The monoisotopic (exact) mass is 222 g/mol. The van der Waals surface area contributed by atoms with Crippen molar-refractivity contribution in [1.29, 1.82) is 0 Å². The van der Waals surface area contributed by atoms with Crippen LogP contribution in [0.2, 0.25) is 6.04 Å². The largest absolute Gasteiger partial charge is 0.397 e. The number of hydrogen-bond acceptors (Lipinski definition) is 4. The van der Waals surface area contributed by atoms with Crippen LogP contribution in [-0.2, 0) is 8.85 Å². The molecule has 5 N–H and O–H groups in total. The Labute approximate surface area is 89.0 Å². The van der Waals surface area contributed by atoms with E-state index in [9.17, 15) is 0 Å². The van der Waals surface area contributed by atoms with Crippen molar-refractivity contribution >= 4 is 8.56 Å². The smallest absolute Gasteiger partial charge is 0.354 e. The van der Waals surface area contributed by atoms with Gasteiger partial charge in [-0.25, -0.2) is 0 Å². The van der Waals surface area contributed by atoms with Gasteiger partial charge in [0.05, 0.1) is 0 Å². The second-order valence-corrected chi connectivity index (χ2v) is 7.70. The first-order valence-electron chi connectivity index (χ1n) is 4.88. The Balaban J connectivity index is 0. The molecule has 0 rings (SSSR count). The van der Waals surface area contributed by atoms with Crippen LogP contribution in [0.5, 0.6) is 0 Å². The van der Waals surface area contributed by atoms with Crippen LogP contribution in [0, 0.1) is 5.92 Å². The molecule has 0 aromatic rings. The Hall–Kier alpha value is 0.0569. The first-order chi connectivity index (χ1) is 6.02. The van der Waals surface area contributed by atoms with Crippen LogP contribution >= 0.6 is 0 Å². The molecule has 0 aliphatic carbocycles. The van der Waals surface area contributed by atoms with Gasteiger partial charge in [0.2, 0.25) is 0 Å². The summed E-state index contributed by atoms with van der Waals surface area (Å²) in [6.07, 6.45) is 0.974. The van der Waals surface area contributed by atoms with Crippen molar-refractivity contribution in [2.45, 2.75) is 38.9 Å². The third kappa shape index (κ3) is 4.06. The summed E-state index contributed by atoms with van der Waals surface area (Å²) in [4.78, 5) is 0. The molecule has 4 nitrogen and oxygen atoms in total. The van der Waals surface area contributed by atoms with Crippen LogP contribution in [0.1, 0.15) is 27.2 Å². The molecule has 0 aliphatic heterocycles. The molecule has 1 atom stereocenters. The van der Waals surface area contributed by atoms with E-state index in [1.807, 2.05) is 0 Å². The summed E-state index contributed by atoms with van der Waals surface area (Å²) in [6.45, 7) is 6.42. The zero-order valence-electron chi connectivity index (χ0n) is 10.2. The molecule has 0 bridgehead atoms. The van der Waals surface area contributed by atoms with Gasteiger partial charge in [0.1, 0.15) is 0 Å². The lowest BCUT2D eigenvalue weighted by Gasteiger charge is -2.32. The molecule has 0 saturated carbocycles. The van der Waals surface area contributed by atoms with Crippen LogP contribution in [0.25, 0.3) is 0 Å². The van der Waals surface area contributed by atoms with Crippen molar-refractivity contribution in [3.63, 3.8) is 0 Å². The highest BCUT2D eigenvalue weighted by Gasteiger charge is 2.40. The molecular weight excluding hydrogens is 196 g/mol. The highest BCUT2D eigenvalue weighted by molar-refractivity contribution is 6.68. The first kappa shape index (κ1) is 16.5. The molecule has 0 amide bonds. The van der Waals surface area contributed by atoms with Gasteiger partial charge in [0, 0.05) is 19.9 Å². The van der Waals surface area contributed by atoms with Gasteiger partial charge in [0.25, 0.3) is 0 Å². The summed E-state index contributed by atoms with van der Waals surface area (Å²) < 4.78 is 11.0. The lowest BCUT2D eigenvalue weighted by Crippen LogP contribution is -2.56. The van der Waals surface area contributed by atoms with Crippen LogP contribution in [0.15, 0.2) is 0 Å². The lowest BCUT2D eigenvalue weighted by molar-refractivity contribution is 0.225. The maximum atomic E-state index is 6.10. The van der Waals surface area contributed by atoms with E-state index in [1.165, 1.54) is 0 Å². The fraction of sp³-hybridized carbons (Fsp3) is 1.00. The molecule has 5 heteroatoms. The van der Waals surface area contributed by atoms with Crippen LogP contribution in [0.4, 0.5) is 0 Å². The van der Waals surface area contributed by atoms with E-state index in [0.717, 1.165) is 12.5 Å². The third-order valence-corrected chi connectivity index (χ3v) is 6.21. The van der Waals surface area contributed by atoms with Crippen LogP contribution in [0.3, 0.4) is 0 Å². The molecule has 0 aliphatic rings. The zero-order chi connectivity index (χ0) is 10.5. The van der Waals surface area contributed by atoms with Gasteiger partial charge in [-0.05, 0) is 18.4 Å². The molecule has 88 valence electrons. The highest BCUT2D eigenvalue weighted by Crippen LogP contribution is 2.19. The van der Waals surface area contributed by atoms with E-state index in [1.54, 1.807) is 14.2 Å². The molecule has 0 aromatic carbocycles. The highest BCUT2D eigenvalue weighted by atomic mass is 28.4. The maximum absolute atomic E-state index is 6.10. The summed E-state index contributed by atoms with van der Waals surface area (Å²) >= 11 is 0.